The van der Waals surface area contributed by atoms with Gasteiger partial charge in [-0.2, -0.15) is 8.78 Å². The fourth-order valence-corrected chi connectivity index (χ4v) is 5.89. The first-order chi connectivity index (χ1) is 15.2. The van der Waals surface area contributed by atoms with Crippen molar-refractivity contribution in [2.75, 3.05) is 13.1 Å². The first kappa shape index (κ1) is 23.0. The van der Waals surface area contributed by atoms with Gasteiger partial charge in [-0.3, -0.25) is 24.5 Å². The number of alkyl halides is 3. The summed E-state index contributed by atoms with van der Waals surface area (Å²) in [7, 11) is 0. The maximum Gasteiger partial charge on any atom is 0.327 e. The zero-order chi connectivity index (χ0) is 23.0. The molecule has 2 aliphatic carbocycles. The summed E-state index contributed by atoms with van der Waals surface area (Å²) >= 11 is 0. The highest BCUT2D eigenvalue weighted by atomic mass is 19.3. The number of likely N-dealkylation sites (tertiary alicyclic amines) is 1. The van der Waals surface area contributed by atoms with Crippen LogP contribution in [0.2, 0.25) is 0 Å². The lowest BCUT2D eigenvalue weighted by molar-refractivity contribution is -0.157. The smallest absolute Gasteiger partial charge is 0.327 e. The van der Waals surface area contributed by atoms with Crippen LogP contribution in [-0.4, -0.2) is 59.8 Å². The molecule has 6 atom stereocenters. The Morgan fingerprint density at radius 2 is 1.88 bits per heavy atom. The van der Waals surface area contributed by atoms with Crippen LogP contribution in [0.15, 0.2) is 0 Å². The Balaban J connectivity index is 1.30. The summed E-state index contributed by atoms with van der Waals surface area (Å²) in [5.41, 5.74) is 0. The zero-order valence-electron chi connectivity index (χ0n) is 18.0. The zero-order valence-corrected chi connectivity index (χ0v) is 18.0. The number of carbonyl (C=O) groups is 4. The van der Waals surface area contributed by atoms with Gasteiger partial charge in [0.1, 0.15) is 12.2 Å². The lowest BCUT2D eigenvalue weighted by Crippen LogP contribution is -2.53. The third kappa shape index (κ3) is 4.50. The number of hydrogen-bond acceptors (Lipinski definition) is 4. The third-order valence-corrected chi connectivity index (χ3v) is 7.69. The second-order valence-corrected chi connectivity index (χ2v) is 9.80. The standard InChI is InChI=1S/C22H30F3N3O4/c23-15-3-1-2-14(9-15)22(24,25)21(32)26-10-12-4-5-16-13(8-12)11-28(20(16)31)17-6-7-18(29)27-19(17)30/h12-17H,1-11H2,(H,26,32)(H,27,29,30). The van der Waals surface area contributed by atoms with Gasteiger partial charge in [0.25, 0.3) is 5.91 Å². The number of hydrogen-bond donors (Lipinski definition) is 2. The summed E-state index contributed by atoms with van der Waals surface area (Å²) in [5, 5.41) is 4.65. The second kappa shape index (κ2) is 9.02. The van der Waals surface area contributed by atoms with E-state index in [0.717, 1.165) is 0 Å². The second-order valence-electron chi connectivity index (χ2n) is 9.80. The predicted molar refractivity (Wildman–Crippen MR) is 107 cm³/mol. The van der Waals surface area contributed by atoms with Crippen LogP contribution in [0.1, 0.15) is 57.8 Å². The van der Waals surface area contributed by atoms with E-state index in [-0.39, 0.29) is 61.8 Å². The van der Waals surface area contributed by atoms with Crippen molar-refractivity contribution in [3.05, 3.63) is 0 Å². The number of fused-ring (bicyclic) bond motifs is 1. The molecule has 4 rings (SSSR count). The lowest BCUT2D eigenvalue weighted by Gasteiger charge is -2.32. The van der Waals surface area contributed by atoms with Crippen molar-refractivity contribution in [1.82, 2.24) is 15.5 Å². The molecule has 0 aromatic carbocycles. The molecule has 4 aliphatic rings. The summed E-state index contributed by atoms with van der Waals surface area (Å²) in [6.07, 6.45) is 1.52. The van der Waals surface area contributed by atoms with E-state index in [0.29, 0.717) is 38.6 Å². The molecular formula is C22H30F3N3O4. The Kier molecular flexibility index (Phi) is 6.49. The third-order valence-electron chi connectivity index (χ3n) is 7.69. The molecule has 2 saturated carbocycles. The van der Waals surface area contributed by atoms with Gasteiger partial charge in [0.05, 0.1) is 0 Å². The first-order valence-corrected chi connectivity index (χ1v) is 11.6. The molecule has 2 N–H and O–H groups in total. The van der Waals surface area contributed by atoms with Gasteiger partial charge in [-0.05, 0) is 56.8 Å². The summed E-state index contributed by atoms with van der Waals surface area (Å²) in [6, 6.07) is -0.641. The van der Waals surface area contributed by atoms with Crippen LogP contribution in [0.5, 0.6) is 0 Å². The lowest BCUT2D eigenvalue weighted by atomic mass is 9.75. The van der Waals surface area contributed by atoms with Crippen LogP contribution in [0.25, 0.3) is 0 Å². The number of rotatable bonds is 5. The Hall–Kier alpha value is -2.13. The molecule has 6 unspecified atom stereocenters. The van der Waals surface area contributed by atoms with E-state index >= 15 is 0 Å². The molecule has 4 amide bonds. The van der Waals surface area contributed by atoms with Gasteiger partial charge in [0, 0.05) is 31.3 Å². The fourth-order valence-electron chi connectivity index (χ4n) is 5.89. The van der Waals surface area contributed by atoms with E-state index in [1.807, 2.05) is 0 Å². The highest BCUT2D eigenvalue weighted by molar-refractivity contribution is 6.02. The van der Waals surface area contributed by atoms with Crippen molar-refractivity contribution in [3.63, 3.8) is 0 Å². The first-order valence-electron chi connectivity index (χ1n) is 11.6. The Bertz CT molecular complexity index is 792. The van der Waals surface area contributed by atoms with Crippen LogP contribution in [-0.2, 0) is 19.2 Å². The van der Waals surface area contributed by atoms with Crippen molar-refractivity contribution < 1.29 is 32.3 Å². The van der Waals surface area contributed by atoms with Crippen molar-refractivity contribution in [3.8, 4) is 0 Å². The van der Waals surface area contributed by atoms with Crippen molar-refractivity contribution in [1.29, 1.82) is 0 Å². The minimum absolute atomic E-state index is 0.00488. The normalized spacial score (nSPS) is 36.0. The number of piperidine rings is 1. The predicted octanol–water partition coefficient (Wildman–Crippen LogP) is 1.95. The van der Waals surface area contributed by atoms with Crippen LogP contribution < -0.4 is 10.6 Å². The summed E-state index contributed by atoms with van der Waals surface area (Å²) in [6.45, 7) is 0.492. The van der Waals surface area contributed by atoms with E-state index in [2.05, 4.69) is 10.6 Å². The molecule has 0 bridgehead atoms. The number of halogens is 3. The molecule has 0 aromatic rings. The number of carbonyl (C=O) groups excluding carboxylic acids is 4. The Morgan fingerprint density at radius 1 is 1.09 bits per heavy atom. The minimum Gasteiger partial charge on any atom is -0.351 e. The molecule has 2 aliphatic heterocycles. The van der Waals surface area contributed by atoms with Crippen LogP contribution in [0.3, 0.4) is 0 Å². The molecule has 0 spiro atoms. The highest BCUT2D eigenvalue weighted by Gasteiger charge is 2.50. The average Bonchev–Trinajstić information content (AvgIpc) is 3.07. The summed E-state index contributed by atoms with van der Waals surface area (Å²) in [4.78, 5) is 50.1. The van der Waals surface area contributed by atoms with Gasteiger partial charge in [0.15, 0.2) is 0 Å². The highest BCUT2D eigenvalue weighted by Crippen LogP contribution is 2.41. The summed E-state index contributed by atoms with van der Waals surface area (Å²) in [5.74, 6) is -7.32. The Labute approximate surface area is 184 Å². The van der Waals surface area contributed by atoms with E-state index in [1.165, 1.54) is 0 Å². The molecule has 32 heavy (non-hydrogen) atoms. The van der Waals surface area contributed by atoms with Crippen molar-refractivity contribution >= 4 is 23.6 Å². The topological polar surface area (TPSA) is 95.6 Å². The van der Waals surface area contributed by atoms with E-state index < -0.39 is 35.9 Å². The quantitative estimate of drug-likeness (QED) is 0.617. The molecular weight excluding hydrogens is 427 g/mol. The number of nitrogens with one attached hydrogen (secondary N) is 2. The average molecular weight is 457 g/mol. The number of nitrogens with zero attached hydrogens (tertiary/aromatic N) is 1. The molecule has 2 heterocycles. The Morgan fingerprint density at radius 3 is 2.59 bits per heavy atom. The monoisotopic (exact) mass is 457 g/mol. The maximum absolute atomic E-state index is 14.5. The molecule has 178 valence electrons. The molecule has 10 heteroatoms. The largest absolute Gasteiger partial charge is 0.351 e. The van der Waals surface area contributed by atoms with Crippen LogP contribution >= 0.6 is 0 Å². The number of amides is 4. The van der Waals surface area contributed by atoms with E-state index in [9.17, 15) is 32.3 Å². The van der Waals surface area contributed by atoms with Crippen molar-refractivity contribution in [2.24, 2.45) is 23.7 Å². The maximum atomic E-state index is 14.5. The van der Waals surface area contributed by atoms with Gasteiger partial charge in [-0.25, -0.2) is 4.39 Å². The SMILES string of the molecule is O=C1CCC(N2CC3CC(CNC(=O)C(F)(F)C4CCCC(F)C4)CCC3C2=O)C(=O)N1. The minimum atomic E-state index is -3.59. The van der Waals surface area contributed by atoms with Gasteiger partial charge in [-0.15, -0.1) is 0 Å². The molecule has 7 nitrogen and oxygen atoms in total. The van der Waals surface area contributed by atoms with E-state index in [4.69, 9.17) is 0 Å². The molecule has 0 radical (unpaired) electrons. The number of imide groups is 1. The van der Waals surface area contributed by atoms with Gasteiger partial charge >= 0.3 is 5.92 Å². The van der Waals surface area contributed by atoms with Gasteiger partial charge in [0.2, 0.25) is 17.7 Å². The van der Waals surface area contributed by atoms with Crippen LogP contribution in [0.4, 0.5) is 13.2 Å². The van der Waals surface area contributed by atoms with Crippen LogP contribution in [0, 0.1) is 23.7 Å². The van der Waals surface area contributed by atoms with Gasteiger partial charge < -0.3 is 10.2 Å². The van der Waals surface area contributed by atoms with Crippen molar-refractivity contribution in [2.45, 2.75) is 75.9 Å². The molecule has 0 aromatic heterocycles. The summed E-state index contributed by atoms with van der Waals surface area (Å²) < 4.78 is 42.6. The molecule has 2 saturated heterocycles. The van der Waals surface area contributed by atoms with Gasteiger partial charge in [-0.1, -0.05) is 6.42 Å². The molecule has 4 fully saturated rings. The fraction of sp³-hybridized carbons (Fsp3) is 0.818. The van der Waals surface area contributed by atoms with E-state index in [1.54, 1.807) is 4.90 Å².